The Labute approximate surface area is 366 Å². The van der Waals surface area contributed by atoms with Gasteiger partial charge in [0, 0.05) is 71.8 Å². The van der Waals surface area contributed by atoms with Crippen LogP contribution >= 0.6 is 0 Å². The highest BCUT2D eigenvalue weighted by Crippen LogP contribution is 2.14. The first-order valence-corrected chi connectivity index (χ1v) is 23.2. The van der Waals surface area contributed by atoms with Gasteiger partial charge in [-0.2, -0.15) is 0 Å². The number of carboxylic acids is 2. The Morgan fingerprint density at radius 3 is 1.51 bits per heavy atom. The first-order valence-electron chi connectivity index (χ1n) is 23.2. The monoisotopic (exact) mass is 873 g/mol. The van der Waals surface area contributed by atoms with Crippen molar-refractivity contribution in [2.45, 2.75) is 193 Å². The number of hydrogen-bond donors (Lipinski definition) is 4. The number of rotatable bonds is 45. The molecule has 0 aromatic rings. The normalized spacial score (nSPS) is 11.3. The lowest BCUT2D eigenvalue weighted by Gasteiger charge is -2.14. The Bertz CT molecular complexity index is 1130. The Morgan fingerprint density at radius 2 is 0.967 bits per heavy atom. The summed E-state index contributed by atoms with van der Waals surface area (Å²) in [4.78, 5) is 79.8. The molecule has 0 saturated carbocycles. The molecule has 2 amide bonds. The third kappa shape index (κ3) is 47.6. The Hall–Kier alpha value is -3.27. The van der Waals surface area contributed by atoms with Gasteiger partial charge in [0.25, 0.3) is 0 Å². The van der Waals surface area contributed by atoms with Gasteiger partial charge in [0.15, 0.2) is 5.78 Å². The molecule has 0 aliphatic rings. The van der Waals surface area contributed by atoms with E-state index in [4.69, 9.17) is 24.1 Å². The zero-order valence-corrected chi connectivity index (χ0v) is 38.2. The molecular weight excluding hydrogens is 789 g/mol. The van der Waals surface area contributed by atoms with E-state index in [0.717, 1.165) is 70.6 Å². The van der Waals surface area contributed by atoms with Crippen LogP contribution in [0.25, 0.3) is 0 Å². The molecule has 0 saturated heterocycles. The van der Waals surface area contributed by atoms with Crippen LogP contribution in [0.3, 0.4) is 0 Å². The van der Waals surface area contributed by atoms with Gasteiger partial charge in [-0.25, -0.2) is 4.79 Å². The first kappa shape index (κ1) is 59.8. The largest absolute Gasteiger partial charge is 0.481 e. The predicted molar refractivity (Wildman–Crippen MR) is 236 cm³/mol. The second kappa shape index (κ2) is 46.2. The lowest BCUT2D eigenvalue weighted by Crippen LogP contribution is -2.41. The smallest absolute Gasteiger partial charge is 0.326 e. The van der Waals surface area contributed by atoms with Crippen LogP contribution in [0, 0.1) is 0 Å². The van der Waals surface area contributed by atoms with Crippen LogP contribution in [0.1, 0.15) is 187 Å². The van der Waals surface area contributed by atoms with Crippen molar-refractivity contribution in [3.8, 4) is 0 Å². The molecule has 0 unspecified atom stereocenters. The summed E-state index contributed by atoms with van der Waals surface area (Å²) in [5, 5.41) is 23.1. The van der Waals surface area contributed by atoms with E-state index in [0.29, 0.717) is 78.1 Å². The minimum absolute atomic E-state index is 0.00693. The molecule has 0 aliphatic heterocycles. The number of ketones is 3. The van der Waals surface area contributed by atoms with Crippen LogP contribution in [-0.4, -0.2) is 117 Å². The maximum absolute atomic E-state index is 12.1. The quantitative estimate of drug-likeness (QED) is 0.0431. The molecule has 15 heteroatoms. The minimum Gasteiger partial charge on any atom is -0.481 e. The van der Waals surface area contributed by atoms with Crippen LogP contribution in [0.2, 0.25) is 0 Å². The molecule has 0 spiro atoms. The van der Waals surface area contributed by atoms with E-state index in [9.17, 15) is 38.7 Å². The zero-order valence-electron chi connectivity index (χ0n) is 38.2. The molecule has 0 aromatic carbocycles. The van der Waals surface area contributed by atoms with Gasteiger partial charge in [0.2, 0.25) is 11.8 Å². The van der Waals surface area contributed by atoms with E-state index in [1.165, 1.54) is 44.9 Å². The SMILES string of the molecule is CCCOCC(=O)NCCOCCOCC(=O)CCCCCC(=O)CC.COCCCC(=O)CC[C@H](NC(=O)CCCCCCCCCCCCCCCCC(=O)O)C(=O)O. The molecule has 61 heavy (non-hydrogen) atoms. The molecular formula is C46H84N2O13. The topological polar surface area (TPSA) is 221 Å². The molecule has 4 N–H and O–H groups in total. The van der Waals surface area contributed by atoms with E-state index < -0.39 is 18.0 Å². The molecule has 0 bridgehead atoms. The number of methoxy groups -OCH3 is 1. The first-order chi connectivity index (χ1) is 29.5. The molecule has 0 aromatic heterocycles. The Balaban J connectivity index is 0. The summed E-state index contributed by atoms with van der Waals surface area (Å²) in [7, 11) is 1.57. The number of carbonyl (C=O) groups excluding carboxylic acids is 5. The summed E-state index contributed by atoms with van der Waals surface area (Å²) in [5.41, 5.74) is 0. The van der Waals surface area contributed by atoms with E-state index in [2.05, 4.69) is 10.6 Å². The summed E-state index contributed by atoms with van der Waals surface area (Å²) in [6, 6.07) is -1.01. The molecule has 0 rings (SSSR count). The highest BCUT2D eigenvalue weighted by atomic mass is 16.5. The molecule has 1 atom stereocenters. The number of Topliss-reactive ketones (excluding diaryl/α,β-unsaturated/α-hetero) is 3. The fourth-order valence-electron chi connectivity index (χ4n) is 6.15. The van der Waals surface area contributed by atoms with Crippen LogP contribution in [0.4, 0.5) is 0 Å². The standard InChI is InChI=1S/C27H49NO7.C19H35NO6/c1-35-22-16-17-23(29)20-21-24(27(33)34)28-25(30)18-14-12-10-8-6-4-2-3-5-7-9-11-13-15-19-26(31)32;1-3-11-25-16-19(23)20-10-12-24-13-14-26-15-18(22)9-7-5-6-8-17(21)4-2/h24H,2-22H2,1H3,(H,28,30)(H,31,32)(H,33,34);3-16H2,1-2H3,(H,20,23)/t24-;/m0./s1. The minimum atomic E-state index is -1.10. The van der Waals surface area contributed by atoms with Gasteiger partial charge < -0.3 is 39.8 Å². The van der Waals surface area contributed by atoms with Gasteiger partial charge in [-0.3, -0.25) is 28.8 Å². The Kier molecular flexibility index (Phi) is 45.3. The van der Waals surface area contributed by atoms with Gasteiger partial charge in [0.1, 0.15) is 30.8 Å². The fourth-order valence-corrected chi connectivity index (χ4v) is 6.15. The summed E-state index contributed by atoms with van der Waals surface area (Å²) in [6.45, 7) is 6.67. The number of amides is 2. The van der Waals surface area contributed by atoms with Crippen LogP contribution in [0.5, 0.6) is 0 Å². The van der Waals surface area contributed by atoms with Crippen molar-refractivity contribution in [3.05, 3.63) is 0 Å². The predicted octanol–water partition coefficient (Wildman–Crippen LogP) is 7.72. The van der Waals surface area contributed by atoms with Crippen molar-refractivity contribution in [2.75, 3.05) is 59.9 Å². The van der Waals surface area contributed by atoms with Gasteiger partial charge in [0.05, 0.1) is 19.8 Å². The van der Waals surface area contributed by atoms with Crippen LogP contribution < -0.4 is 10.6 Å². The van der Waals surface area contributed by atoms with Crippen LogP contribution in [0.15, 0.2) is 0 Å². The highest BCUT2D eigenvalue weighted by molar-refractivity contribution is 5.84. The van der Waals surface area contributed by atoms with Gasteiger partial charge in [-0.05, 0) is 44.9 Å². The van der Waals surface area contributed by atoms with E-state index in [1.54, 1.807) is 7.11 Å². The van der Waals surface area contributed by atoms with Crippen molar-refractivity contribution < 1.29 is 62.7 Å². The summed E-state index contributed by atoms with van der Waals surface area (Å²) in [5.74, 6) is -1.86. The van der Waals surface area contributed by atoms with Gasteiger partial charge in [-0.1, -0.05) is 97.3 Å². The maximum atomic E-state index is 12.1. The molecule has 15 nitrogen and oxygen atoms in total. The highest BCUT2D eigenvalue weighted by Gasteiger charge is 2.20. The second-order valence-corrected chi connectivity index (χ2v) is 15.5. The lowest BCUT2D eigenvalue weighted by molar-refractivity contribution is -0.142. The molecule has 0 radical (unpaired) electrons. The van der Waals surface area contributed by atoms with Crippen molar-refractivity contribution in [2.24, 2.45) is 0 Å². The molecule has 0 aliphatic carbocycles. The van der Waals surface area contributed by atoms with Crippen LogP contribution in [-0.2, 0) is 52.5 Å². The fraction of sp³-hybridized carbons (Fsp3) is 0.848. The lowest BCUT2D eigenvalue weighted by atomic mass is 10.0. The average Bonchev–Trinajstić information content (AvgIpc) is 3.23. The number of carbonyl (C=O) groups is 7. The van der Waals surface area contributed by atoms with Crippen molar-refractivity contribution in [3.63, 3.8) is 0 Å². The molecule has 0 fully saturated rings. The van der Waals surface area contributed by atoms with Crippen molar-refractivity contribution in [1.29, 1.82) is 0 Å². The number of carboxylic acid groups (broad SMARTS) is 2. The zero-order chi connectivity index (χ0) is 45.6. The maximum Gasteiger partial charge on any atom is 0.326 e. The third-order valence-corrected chi connectivity index (χ3v) is 9.78. The van der Waals surface area contributed by atoms with Crippen molar-refractivity contribution in [1.82, 2.24) is 10.6 Å². The van der Waals surface area contributed by atoms with E-state index >= 15 is 0 Å². The second-order valence-electron chi connectivity index (χ2n) is 15.5. The molecule has 356 valence electrons. The van der Waals surface area contributed by atoms with Crippen molar-refractivity contribution >= 4 is 41.1 Å². The number of hydrogen-bond acceptors (Lipinski definition) is 11. The average molecular weight is 873 g/mol. The van der Waals surface area contributed by atoms with E-state index in [-0.39, 0.29) is 61.6 Å². The third-order valence-electron chi connectivity index (χ3n) is 9.78. The summed E-state index contributed by atoms with van der Waals surface area (Å²) < 4.78 is 20.6. The number of nitrogens with one attached hydrogen (secondary N) is 2. The number of aliphatic carboxylic acids is 2. The Morgan fingerprint density at radius 1 is 0.475 bits per heavy atom. The summed E-state index contributed by atoms with van der Waals surface area (Å²) in [6.07, 6.45) is 22.6. The van der Waals surface area contributed by atoms with E-state index in [1.807, 2.05) is 13.8 Å². The van der Waals surface area contributed by atoms with Gasteiger partial charge >= 0.3 is 11.9 Å². The number of ether oxygens (including phenoxy) is 4. The van der Waals surface area contributed by atoms with Gasteiger partial charge in [-0.15, -0.1) is 0 Å². The summed E-state index contributed by atoms with van der Waals surface area (Å²) >= 11 is 0. The number of unbranched alkanes of at least 4 members (excludes halogenated alkanes) is 15. The molecule has 0 heterocycles.